The minimum atomic E-state index is -0.0786. The first-order valence-electron chi connectivity index (χ1n) is 7.64. The lowest BCUT2D eigenvalue weighted by atomic mass is 9.95. The van der Waals surface area contributed by atoms with Gasteiger partial charge in [0, 0.05) is 24.6 Å². The van der Waals surface area contributed by atoms with Gasteiger partial charge in [0.1, 0.15) is 17.5 Å². The van der Waals surface area contributed by atoms with E-state index in [4.69, 9.17) is 10.7 Å². The fourth-order valence-corrected chi connectivity index (χ4v) is 2.90. The average Bonchev–Trinajstić information content (AvgIpc) is 2.83. The van der Waals surface area contributed by atoms with Crippen LogP contribution in [0.5, 0.6) is 0 Å². The molecule has 1 saturated carbocycles. The fourth-order valence-electron chi connectivity index (χ4n) is 2.90. The normalized spacial score (nSPS) is 16.6. The zero-order valence-electron chi connectivity index (χ0n) is 13.5. The third kappa shape index (κ3) is 3.22. The quantitative estimate of drug-likeness (QED) is 0.920. The highest BCUT2D eigenvalue weighted by Crippen LogP contribution is 2.30. The molecule has 1 fully saturated rings. The van der Waals surface area contributed by atoms with E-state index in [1.807, 2.05) is 6.92 Å². The highest BCUT2D eigenvalue weighted by atomic mass is 15.2. The van der Waals surface area contributed by atoms with Crippen LogP contribution in [0.15, 0.2) is 0 Å². The molecule has 20 heavy (non-hydrogen) atoms. The summed E-state index contributed by atoms with van der Waals surface area (Å²) >= 11 is 0. The second kappa shape index (κ2) is 5.58. The molecule has 112 valence electrons. The van der Waals surface area contributed by atoms with Crippen molar-refractivity contribution in [2.75, 3.05) is 24.2 Å². The van der Waals surface area contributed by atoms with Gasteiger partial charge in [-0.25, -0.2) is 9.97 Å². The molecule has 0 radical (unpaired) electrons. The number of hydrogen-bond donors (Lipinski definition) is 1. The fraction of sp³-hybridized carbons (Fsp3) is 0.750. The van der Waals surface area contributed by atoms with Crippen molar-refractivity contribution in [2.45, 2.75) is 58.8 Å². The van der Waals surface area contributed by atoms with E-state index in [2.05, 4.69) is 37.7 Å². The molecule has 1 aliphatic rings. The Bertz CT molecular complexity index is 470. The van der Waals surface area contributed by atoms with Crippen molar-refractivity contribution in [3.63, 3.8) is 0 Å². The number of anilines is 2. The molecule has 1 aromatic heterocycles. The van der Waals surface area contributed by atoms with E-state index in [-0.39, 0.29) is 5.41 Å². The van der Waals surface area contributed by atoms with Crippen molar-refractivity contribution in [3.8, 4) is 0 Å². The third-order valence-electron chi connectivity index (χ3n) is 4.20. The van der Waals surface area contributed by atoms with Gasteiger partial charge in [-0.3, -0.25) is 0 Å². The molecule has 2 rings (SSSR count). The minimum Gasteiger partial charge on any atom is -0.383 e. The number of nitrogen functional groups attached to an aromatic ring is 1. The van der Waals surface area contributed by atoms with Gasteiger partial charge in [0.2, 0.25) is 0 Å². The third-order valence-corrected chi connectivity index (χ3v) is 4.20. The van der Waals surface area contributed by atoms with Gasteiger partial charge in [0.05, 0.1) is 0 Å². The van der Waals surface area contributed by atoms with E-state index >= 15 is 0 Å². The summed E-state index contributed by atoms with van der Waals surface area (Å²) in [6, 6.07) is 0. The Kier molecular flexibility index (Phi) is 4.21. The van der Waals surface area contributed by atoms with Crippen LogP contribution >= 0.6 is 0 Å². The summed E-state index contributed by atoms with van der Waals surface area (Å²) in [5.41, 5.74) is 7.01. The molecular weight excluding hydrogens is 248 g/mol. The van der Waals surface area contributed by atoms with Crippen LogP contribution in [0.25, 0.3) is 0 Å². The zero-order valence-corrected chi connectivity index (χ0v) is 13.5. The maximum atomic E-state index is 6.09. The molecule has 1 heterocycles. The number of rotatable bonds is 3. The molecule has 0 bridgehead atoms. The van der Waals surface area contributed by atoms with Crippen molar-refractivity contribution in [2.24, 2.45) is 5.92 Å². The van der Waals surface area contributed by atoms with E-state index in [1.54, 1.807) is 0 Å². The molecule has 0 saturated heterocycles. The Labute approximate surface area is 122 Å². The van der Waals surface area contributed by atoms with Crippen LogP contribution in [-0.4, -0.2) is 23.6 Å². The molecule has 4 nitrogen and oxygen atoms in total. The summed E-state index contributed by atoms with van der Waals surface area (Å²) in [7, 11) is 2.12. The molecular formula is C16H28N4. The lowest BCUT2D eigenvalue weighted by molar-refractivity contribution is 0.531. The summed E-state index contributed by atoms with van der Waals surface area (Å²) in [5, 5.41) is 0. The topological polar surface area (TPSA) is 55.0 Å². The Morgan fingerprint density at radius 2 is 1.80 bits per heavy atom. The van der Waals surface area contributed by atoms with Crippen LogP contribution in [0.3, 0.4) is 0 Å². The largest absolute Gasteiger partial charge is 0.383 e. The Morgan fingerprint density at radius 1 is 1.20 bits per heavy atom. The number of nitrogens with two attached hydrogens (primary N) is 1. The maximum absolute atomic E-state index is 6.09. The monoisotopic (exact) mass is 276 g/mol. The Balaban J connectivity index is 2.27. The van der Waals surface area contributed by atoms with Gasteiger partial charge in [-0.15, -0.1) is 0 Å². The molecule has 1 aromatic rings. The second-order valence-corrected chi connectivity index (χ2v) is 7.16. The molecule has 4 heteroatoms. The predicted octanol–water partition coefficient (Wildman–Crippen LogP) is 3.29. The molecule has 1 aliphatic carbocycles. The van der Waals surface area contributed by atoms with Crippen LogP contribution in [0.2, 0.25) is 0 Å². The summed E-state index contributed by atoms with van der Waals surface area (Å²) in [5.74, 6) is 3.23. The standard InChI is InChI=1S/C16H28N4/c1-11-13(17)18-15(16(2,3)4)19-14(11)20(5)10-12-8-6-7-9-12/h12H,6-10H2,1-5H3,(H2,17,18,19). The predicted molar refractivity (Wildman–Crippen MR) is 85.1 cm³/mol. The maximum Gasteiger partial charge on any atom is 0.138 e. The molecule has 0 amide bonds. The van der Waals surface area contributed by atoms with E-state index in [0.717, 1.165) is 29.7 Å². The first kappa shape index (κ1) is 15.1. The molecule has 0 aliphatic heterocycles. The summed E-state index contributed by atoms with van der Waals surface area (Å²) < 4.78 is 0. The first-order valence-corrected chi connectivity index (χ1v) is 7.64. The van der Waals surface area contributed by atoms with Crippen LogP contribution in [0.1, 0.15) is 57.8 Å². The number of hydrogen-bond acceptors (Lipinski definition) is 4. The van der Waals surface area contributed by atoms with Gasteiger partial charge in [0.15, 0.2) is 0 Å². The second-order valence-electron chi connectivity index (χ2n) is 7.16. The van der Waals surface area contributed by atoms with Crippen LogP contribution in [-0.2, 0) is 5.41 Å². The van der Waals surface area contributed by atoms with Crippen molar-refractivity contribution in [1.29, 1.82) is 0 Å². The smallest absolute Gasteiger partial charge is 0.138 e. The van der Waals surface area contributed by atoms with Crippen LogP contribution in [0, 0.1) is 12.8 Å². The van der Waals surface area contributed by atoms with E-state index in [9.17, 15) is 0 Å². The molecule has 0 spiro atoms. The Hall–Kier alpha value is -1.32. The van der Waals surface area contributed by atoms with E-state index in [0.29, 0.717) is 5.82 Å². The lowest BCUT2D eigenvalue weighted by Crippen LogP contribution is -2.28. The van der Waals surface area contributed by atoms with Crippen molar-refractivity contribution >= 4 is 11.6 Å². The minimum absolute atomic E-state index is 0.0786. The summed E-state index contributed by atoms with van der Waals surface area (Å²) in [6.07, 6.45) is 5.43. The SMILES string of the molecule is Cc1c(N)nc(C(C)(C)C)nc1N(C)CC1CCCC1. The first-order chi connectivity index (χ1) is 9.29. The van der Waals surface area contributed by atoms with Gasteiger partial charge >= 0.3 is 0 Å². The number of aromatic nitrogens is 2. The average molecular weight is 276 g/mol. The van der Waals surface area contributed by atoms with E-state index < -0.39 is 0 Å². The molecule has 2 N–H and O–H groups in total. The van der Waals surface area contributed by atoms with Crippen LogP contribution in [0.4, 0.5) is 11.6 Å². The van der Waals surface area contributed by atoms with Crippen LogP contribution < -0.4 is 10.6 Å². The van der Waals surface area contributed by atoms with Gasteiger partial charge in [0.25, 0.3) is 0 Å². The van der Waals surface area contributed by atoms with Crippen molar-refractivity contribution in [1.82, 2.24) is 9.97 Å². The van der Waals surface area contributed by atoms with Gasteiger partial charge < -0.3 is 10.6 Å². The Morgan fingerprint density at radius 3 is 2.35 bits per heavy atom. The number of nitrogens with zero attached hydrogens (tertiary/aromatic N) is 3. The van der Waals surface area contributed by atoms with E-state index in [1.165, 1.54) is 25.7 Å². The van der Waals surface area contributed by atoms with Gasteiger partial charge in [-0.05, 0) is 25.7 Å². The highest BCUT2D eigenvalue weighted by molar-refractivity contribution is 5.56. The molecule has 0 aromatic carbocycles. The van der Waals surface area contributed by atoms with Crippen molar-refractivity contribution in [3.05, 3.63) is 11.4 Å². The van der Waals surface area contributed by atoms with Gasteiger partial charge in [-0.2, -0.15) is 0 Å². The van der Waals surface area contributed by atoms with Gasteiger partial charge in [-0.1, -0.05) is 33.6 Å². The zero-order chi connectivity index (χ0) is 14.9. The highest BCUT2D eigenvalue weighted by Gasteiger charge is 2.23. The lowest BCUT2D eigenvalue weighted by Gasteiger charge is -2.26. The van der Waals surface area contributed by atoms with Crippen molar-refractivity contribution < 1.29 is 0 Å². The molecule has 0 unspecified atom stereocenters. The molecule has 0 atom stereocenters. The summed E-state index contributed by atoms with van der Waals surface area (Å²) in [4.78, 5) is 11.5. The summed E-state index contributed by atoms with van der Waals surface area (Å²) in [6.45, 7) is 9.46.